The number of aliphatic hydroxyl groups is 1. The second-order valence-corrected chi connectivity index (χ2v) is 11.1. The number of nitrogens with zero attached hydrogens (tertiary/aromatic N) is 3. The van der Waals surface area contributed by atoms with Crippen LogP contribution in [-0.4, -0.2) is 40.7 Å². The highest BCUT2D eigenvalue weighted by Crippen LogP contribution is 2.45. The number of carbonyl (C=O) groups is 2. The molecule has 1 amide bonds. The molecule has 0 spiro atoms. The average Bonchev–Trinajstić information content (AvgIpc) is 3.73. The monoisotopic (exact) mass is 577 g/mol. The van der Waals surface area contributed by atoms with E-state index in [-0.39, 0.29) is 16.5 Å². The second kappa shape index (κ2) is 12.4. The van der Waals surface area contributed by atoms with E-state index in [1.165, 1.54) is 47.4 Å². The molecule has 0 fully saturated rings. The van der Waals surface area contributed by atoms with E-state index in [0.717, 1.165) is 18.4 Å². The Morgan fingerprint density at radius 1 is 1.12 bits per heavy atom. The molecule has 1 unspecified atom stereocenters. The van der Waals surface area contributed by atoms with Crippen LogP contribution in [0.4, 0.5) is 5.13 Å². The number of Topliss-reactive ketones (excluding diaryl/α,β-unsaturated/α-hetero) is 1. The molecule has 0 bridgehead atoms. The predicted molar refractivity (Wildman–Crippen MR) is 152 cm³/mol. The van der Waals surface area contributed by atoms with Gasteiger partial charge < -0.3 is 19.0 Å². The van der Waals surface area contributed by atoms with Gasteiger partial charge in [-0.3, -0.25) is 14.5 Å². The maximum atomic E-state index is 13.5. The number of aliphatic hydroxyl groups excluding tert-OH is 1. The molecule has 0 saturated heterocycles. The molecule has 9 nitrogen and oxygen atoms in total. The third kappa shape index (κ3) is 5.61. The summed E-state index contributed by atoms with van der Waals surface area (Å²) in [6.45, 7) is 2.60. The number of hydrogen-bond donors (Lipinski definition) is 1. The lowest BCUT2D eigenvalue weighted by molar-refractivity contribution is -0.117. The number of thioether (sulfide) groups is 1. The molecule has 206 valence electrons. The fourth-order valence-electron chi connectivity index (χ4n) is 4.27. The predicted octanol–water partition coefficient (Wildman–Crippen LogP) is 6.39. The summed E-state index contributed by atoms with van der Waals surface area (Å²) in [5, 5.41) is 19.8. The van der Waals surface area contributed by atoms with Gasteiger partial charge in [-0.25, -0.2) is 0 Å². The Morgan fingerprint density at radius 2 is 1.95 bits per heavy atom. The van der Waals surface area contributed by atoms with Crippen LogP contribution in [0.15, 0.2) is 87.0 Å². The number of ketones is 1. The standard InChI is InChI=1S/C29H27N3O6S2/c1-3-4-14-37-20-13-12-19(16-22(20)36-2)24-23(25(33)21-11-8-15-38-21)26(34)27(35)32(24)28-30-31-29(40-28)39-17-18-9-6-5-7-10-18/h5-13,15-16,24,34H,3-4,14,17H2,1-2H3. The van der Waals surface area contributed by atoms with Crippen LogP contribution in [-0.2, 0) is 10.5 Å². The van der Waals surface area contributed by atoms with Crippen LogP contribution in [0.2, 0.25) is 0 Å². The Balaban J connectivity index is 1.51. The second-order valence-electron chi connectivity index (χ2n) is 8.88. The molecule has 3 heterocycles. The maximum Gasteiger partial charge on any atom is 0.296 e. The van der Waals surface area contributed by atoms with Gasteiger partial charge in [0, 0.05) is 5.75 Å². The topological polar surface area (TPSA) is 115 Å². The van der Waals surface area contributed by atoms with E-state index < -0.39 is 23.5 Å². The van der Waals surface area contributed by atoms with Crippen LogP contribution in [0.1, 0.15) is 47.5 Å². The van der Waals surface area contributed by atoms with E-state index in [1.807, 2.05) is 30.3 Å². The SMILES string of the molecule is CCCCOc1ccc(C2C(C(=O)c3ccco3)=C(O)C(=O)N2c2nnc(SCc3ccccc3)s2)cc1OC. The van der Waals surface area contributed by atoms with E-state index in [0.29, 0.717) is 33.8 Å². The minimum absolute atomic E-state index is 0.00375. The number of hydrogen-bond acceptors (Lipinski definition) is 10. The fourth-order valence-corrected chi connectivity index (χ4v) is 6.09. The number of ether oxygens (including phenoxy) is 2. The zero-order valence-electron chi connectivity index (χ0n) is 21.9. The van der Waals surface area contributed by atoms with Gasteiger partial charge in [-0.1, -0.05) is 72.8 Å². The molecule has 1 atom stereocenters. The molecule has 0 radical (unpaired) electrons. The van der Waals surface area contributed by atoms with Crippen molar-refractivity contribution in [2.75, 3.05) is 18.6 Å². The number of rotatable bonds is 12. The summed E-state index contributed by atoms with van der Waals surface area (Å²) in [6, 6.07) is 17.2. The zero-order chi connectivity index (χ0) is 28.1. The Labute approximate surface area is 239 Å². The fraction of sp³-hybridized carbons (Fsp3) is 0.241. The number of furan rings is 1. The van der Waals surface area contributed by atoms with E-state index in [4.69, 9.17) is 13.9 Å². The summed E-state index contributed by atoms with van der Waals surface area (Å²) in [4.78, 5) is 28.3. The largest absolute Gasteiger partial charge is 0.503 e. The first-order valence-electron chi connectivity index (χ1n) is 12.7. The van der Waals surface area contributed by atoms with Gasteiger partial charge in [0.1, 0.15) is 0 Å². The third-order valence-electron chi connectivity index (χ3n) is 6.26. The van der Waals surface area contributed by atoms with Gasteiger partial charge in [0.2, 0.25) is 10.9 Å². The van der Waals surface area contributed by atoms with Crippen LogP contribution in [0, 0.1) is 0 Å². The maximum absolute atomic E-state index is 13.5. The van der Waals surface area contributed by atoms with Crippen LogP contribution in [0.5, 0.6) is 11.5 Å². The summed E-state index contributed by atoms with van der Waals surface area (Å²) in [7, 11) is 1.52. The Hall–Kier alpha value is -4.09. The lowest BCUT2D eigenvalue weighted by atomic mass is 9.95. The van der Waals surface area contributed by atoms with Gasteiger partial charge in [-0.15, -0.1) is 10.2 Å². The van der Waals surface area contributed by atoms with Crippen molar-refractivity contribution < 1.29 is 28.6 Å². The molecule has 40 heavy (non-hydrogen) atoms. The van der Waals surface area contributed by atoms with Gasteiger partial charge in [0.15, 0.2) is 27.4 Å². The lowest BCUT2D eigenvalue weighted by Gasteiger charge is -2.24. The number of unbranched alkanes of at least 4 members (excludes halogenated alkanes) is 1. The number of benzene rings is 2. The highest BCUT2D eigenvalue weighted by atomic mass is 32.2. The van der Waals surface area contributed by atoms with Crippen molar-refractivity contribution in [2.24, 2.45) is 0 Å². The van der Waals surface area contributed by atoms with Crippen LogP contribution >= 0.6 is 23.1 Å². The number of anilines is 1. The first kappa shape index (κ1) is 27.5. The quantitative estimate of drug-likeness (QED) is 0.0884. The molecule has 11 heteroatoms. The number of aromatic nitrogens is 2. The summed E-state index contributed by atoms with van der Waals surface area (Å²) in [6.07, 6.45) is 3.23. The molecule has 2 aromatic heterocycles. The van der Waals surface area contributed by atoms with E-state index in [1.54, 1.807) is 24.3 Å². The normalized spacial score (nSPS) is 15.1. The smallest absolute Gasteiger partial charge is 0.296 e. The van der Waals surface area contributed by atoms with Crippen molar-refractivity contribution >= 4 is 39.9 Å². The van der Waals surface area contributed by atoms with E-state index in [2.05, 4.69) is 17.1 Å². The summed E-state index contributed by atoms with van der Waals surface area (Å²) in [5.41, 5.74) is 1.54. The Kier molecular flexibility index (Phi) is 8.51. The zero-order valence-corrected chi connectivity index (χ0v) is 23.5. The van der Waals surface area contributed by atoms with Crippen molar-refractivity contribution in [1.29, 1.82) is 0 Å². The van der Waals surface area contributed by atoms with Gasteiger partial charge >= 0.3 is 0 Å². The molecule has 1 aliphatic heterocycles. The molecule has 2 aromatic carbocycles. The Bertz CT molecular complexity index is 1520. The number of amides is 1. The summed E-state index contributed by atoms with van der Waals surface area (Å²) < 4.78 is 17.4. The molecular formula is C29H27N3O6S2. The molecule has 1 aliphatic rings. The van der Waals surface area contributed by atoms with Crippen LogP contribution < -0.4 is 14.4 Å². The summed E-state index contributed by atoms with van der Waals surface area (Å²) in [5.74, 6) is -0.361. The van der Waals surface area contributed by atoms with Gasteiger partial charge in [0.05, 0.1) is 31.6 Å². The molecule has 1 N–H and O–H groups in total. The van der Waals surface area contributed by atoms with Crippen molar-refractivity contribution in [3.63, 3.8) is 0 Å². The molecule has 0 aliphatic carbocycles. The first-order chi connectivity index (χ1) is 19.5. The van der Waals surface area contributed by atoms with Crippen molar-refractivity contribution in [1.82, 2.24) is 10.2 Å². The number of methoxy groups -OCH3 is 1. The average molecular weight is 578 g/mol. The minimum Gasteiger partial charge on any atom is -0.503 e. The molecule has 0 saturated carbocycles. The number of carbonyl (C=O) groups excluding carboxylic acids is 2. The molecular weight excluding hydrogens is 550 g/mol. The summed E-state index contributed by atoms with van der Waals surface area (Å²) >= 11 is 2.70. The van der Waals surface area contributed by atoms with Crippen LogP contribution in [0.25, 0.3) is 0 Å². The van der Waals surface area contributed by atoms with Gasteiger partial charge in [-0.05, 0) is 41.8 Å². The van der Waals surface area contributed by atoms with Crippen molar-refractivity contribution in [3.05, 3.63) is 95.1 Å². The third-order valence-corrected chi connectivity index (χ3v) is 8.39. The first-order valence-corrected chi connectivity index (χ1v) is 14.5. The lowest BCUT2D eigenvalue weighted by Crippen LogP contribution is -2.31. The molecule has 4 aromatic rings. The van der Waals surface area contributed by atoms with Crippen molar-refractivity contribution in [3.8, 4) is 11.5 Å². The minimum atomic E-state index is -0.997. The highest BCUT2D eigenvalue weighted by Gasteiger charge is 2.47. The Morgan fingerprint density at radius 3 is 2.67 bits per heavy atom. The van der Waals surface area contributed by atoms with E-state index in [9.17, 15) is 14.7 Å². The van der Waals surface area contributed by atoms with Crippen LogP contribution in [0.3, 0.4) is 0 Å². The van der Waals surface area contributed by atoms with Crippen molar-refractivity contribution in [2.45, 2.75) is 35.9 Å². The van der Waals surface area contributed by atoms with Gasteiger partial charge in [-0.2, -0.15) is 0 Å². The molecule has 5 rings (SSSR count). The highest BCUT2D eigenvalue weighted by molar-refractivity contribution is 8.00. The van der Waals surface area contributed by atoms with E-state index >= 15 is 0 Å². The van der Waals surface area contributed by atoms with Gasteiger partial charge in [0.25, 0.3) is 5.91 Å².